The Kier molecular flexibility index (Phi) is 4.18. The van der Waals surface area contributed by atoms with Gasteiger partial charge in [0.15, 0.2) is 0 Å². The predicted octanol–water partition coefficient (Wildman–Crippen LogP) is 8.83. The molecule has 1 heterocycles. The summed E-state index contributed by atoms with van der Waals surface area (Å²) in [4.78, 5) is 0. The van der Waals surface area contributed by atoms with Gasteiger partial charge in [0.1, 0.15) is 0 Å². The van der Waals surface area contributed by atoms with Gasteiger partial charge in [-0.3, -0.25) is 0 Å². The molecular formula is C32H22N2. The van der Waals surface area contributed by atoms with Crippen molar-refractivity contribution in [1.82, 2.24) is 4.57 Å². The van der Waals surface area contributed by atoms with Crippen molar-refractivity contribution >= 4 is 54.7 Å². The van der Waals surface area contributed by atoms with Crippen LogP contribution in [0.25, 0.3) is 49.0 Å². The first-order valence-electron chi connectivity index (χ1n) is 11.6. The van der Waals surface area contributed by atoms with Crippen LogP contribution in [0, 0.1) is 0 Å². The summed E-state index contributed by atoms with van der Waals surface area (Å²) >= 11 is 0. The van der Waals surface area contributed by atoms with Crippen LogP contribution in [-0.2, 0) is 0 Å². The Bertz CT molecular complexity index is 1840. The van der Waals surface area contributed by atoms with Crippen LogP contribution in [0.4, 0.5) is 11.4 Å². The third kappa shape index (κ3) is 3.04. The minimum absolute atomic E-state index is 1.09. The highest BCUT2D eigenvalue weighted by atomic mass is 15.0. The zero-order valence-electron chi connectivity index (χ0n) is 18.6. The summed E-state index contributed by atoms with van der Waals surface area (Å²) in [6.07, 6.45) is 0. The van der Waals surface area contributed by atoms with Gasteiger partial charge < -0.3 is 9.88 Å². The molecule has 160 valence electrons. The second-order valence-electron chi connectivity index (χ2n) is 8.80. The molecule has 0 aliphatic rings. The molecule has 2 heteroatoms. The number of rotatable bonds is 3. The lowest BCUT2D eigenvalue weighted by Gasteiger charge is -2.11. The van der Waals surface area contributed by atoms with Gasteiger partial charge in [-0.25, -0.2) is 0 Å². The fraction of sp³-hybridized carbons (Fsp3) is 0. The molecule has 0 amide bonds. The Morgan fingerprint density at radius 1 is 0.412 bits per heavy atom. The quantitative estimate of drug-likeness (QED) is 0.294. The molecule has 0 radical (unpaired) electrons. The topological polar surface area (TPSA) is 17.0 Å². The van der Waals surface area contributed by atoms with Gasteiger partial charge in [-0.2, -0.15) is 0 Å². The summed E-state index contributed by atoms with van der Waals surface area (Å²) in [6, 6.07) is 45.6. The summed E-state index contributed by atoms with van der Waals surface area (Å²) in [5.41, 5.74) is 5.79. The molecule has 7 aromatic rings. The zero-order valence-corrected chi connectivity index (χ0v) is 18.6. The maximum absolute atomic E-state index is 3.62. The van der Waals surface area contributed by atoms with Crippen molar-refractivity contribution in [1.29, 1.82) is 0 Å². The molecule has 34 heavy (non-hydrogen) atoms. The molecule has 0 atom stereocenters. The van der Waals surface area contributed by atoms with E-state index < -0.39 is 0 Å². The molecule has 0 saturated carbocycles. The second-order valence-corrected chi connectivity index (χ2v) is 8.80. The van der Waals surface area contributed by atoms with Gasteiger partial charge in [0, 0.05) is 27.8 Å². The monoisotopic (exact) mass is 434 g/mol. The normalized spacial score (nSPS) is 11.5. The van der Waals surface area contributed by atoms with Crippen LogP contribution in [0.3, 0.4) is 0 Å². The summed E-state index contributed by atoms with van der Waals surface area (Å²) in [6.45, 7) is 0. The number of nitrogens with one attached hydrogen (secondary N) is 1. The smallest absolute Gasteiger partial charge is 0.0542 e. The minimum Gasteiger partial charge on any atom is -0.355 e. The van der Waals surface area contributed by atoms with Crippen LogP contribution in [0.15, 0.2) is 127 Å². The SMILES string of the molecule is c1ccc2cc(Nc3ccc4c(c3)c3ccccc3n4-c3ccc4ccccc4c3)ccc2c1. The van der Waals surface area contributed by atoms with E-state index in [0.29, 0.717) is 0 Å². The Hall–Kier alpha value is -4.56. The number of para-hydroxylation sites is 1. The van der Waals surface area contributed by atoms with Gasteiger partial charge in [0.25, 0.3) is 0 Å². The van der Waals surface area contributed by atoms with Gasteiger partial charge in [-0.1, -0.05) is 78.9 Å². The van der Waals surface area contributed by atoms with E-state index in [1.165, 1.54) is 49.0 Å². The van der Waals surface area contributed by atoms with E-state index in [2.05, 4.69) is 137 Å². The van der Waals surface area contributed by atoms with Crippen LogP contribution < -0.4 is 5.32 Å². The van der Waals surface area contributed by atoms with Crippen LogP contribution in [0.5, 0.6) is 0 Å². The number of aromatic nitrogens is 1. The van der Waals surface area contributed by atoms with E-state index in [0.717, 1.165) is 11.4 Å². The van der Waals surface area contributed by atoms with E-state index in [1.807, 2.05) is 0 Å². The molecule has 0 fully saturated rings. The van der Waals surface area contributed by atoms with E-state index in [1.54, 1.807) is 0 Å². The zero-order chi connectivity index (χ0) is 22.5. The average Bonchev–Trinajstić information content (AvgIpc) is 3.22. The van der Waals surface area contributed by atoms with Gasteiger partial charge in [0.2, 0.25) is 0 Å². The molecule has 1 aromatic heterocycles. The highest BCUT2D eigenvalue weighted by Gasteiger charge is 2.13. The maximum Gasteiger partial charge on any atom is 0.0542 e. The lowest BCUT2D eigenvalue weighted by atomic mass is 10.1. The van der Waals surface area contributed by atoms with E-state index in [9.17, 15) is 0 Å². The number of hydrogen-bond donors (Lipinski definition) is 1. The molecule has 0 bridgehead atoms. The standard InChI is InChI=1S/C32H22N2/c1-3-9-24-19-26(15-13-22(24)7-1)33-27-16-18-32-30(21-27)29-11-5-6-12-31(29)34(32)28-17-14-23-8-2-4-10-25(23)20-28/h1-21,33H. The third-order valence-electron chi connectivity index (χ3n) is 6.70. The summed E-state index contributed by atoms with van der Waals surface area (Å²) < 4.78 is 2.37. The number of anilines is 2. The molecule has 2 nitrogen and oxygen atoms in total. The van der Waals surface area contributed by atoms with Gasteiger partial charge >= 0.3 is 0 Å². The molecule has 1 N–H and O–H groups in total. The lowest BCUT2D eigenvalue weighted by molar-refractivity contribution is 1.19. The van der Waals surface area contributed by atoms with Crippen molar-refractivity contribution in [2.75, 3.05) is 5.32 Å². The van der Waals surface area contributed by atoms with Gasteiger partial charge in [-0.05, 0) is 70.1 Å². The van der Waals surface area contributed by atoms with E-state index in [-0.39, 0.29) is 0 Å². The first-order valence-corrected chi connectivity index (χ1v) is 11.6. The van der Waals surface area contributed by atoms with Gasteiger partial charge in [-0.15, -0.1) is 0 Å². The Morgan fingerprint density at radius 2 is 1.00 bits per heavy atom. The first-order chi connectivity index (χ1) is 16.8. The minimum atomic E-state index is 1.09. The molecule has 0 spiro atoms. The number of hydrogen-bond acceptors (Lipinski definition) is 1. The van der Waals surface area contributed by atoms with Crippen LogP contribution in [-0.4, -0.2) is 4.57 Å². The Labute approximate surface area is 197 Å². The molecule has 0 saturated heterocycles. The van der Waals surface area contributed by atoms with Crippen molar-refractivity contribution in [2.24, 2.45) is 0 Å². The van der Waals surface area contributed by atoms with Crippen LogP contribution >= 0.6 is 0 Å². The average molecular weight is 435 g/mol. The Balaban J connectivity index is 1.38. The number of nitrogens with zero attached hydrogens (tertiary/aromatic N) is 1. The summed E-state index contributed by atoms with van der Waals surface area (Å²) in [5, 5.41) is 11.1. The van der Waals surface area contributed by atoms with Crippen molar-refractivity contribution < 1.29 is 0 Å². The van der Waals surface area contributed by atoms with Crippen LogP contribution in [0.2, 0.25) is 0 Å². The fourth-order valence-electron chi connectivity index (χ4n) is 5.08. The Morgan fingerprint density at radius 3 is 1.82 bits per heavy atom. The van der Waals surface area contributed by atoms with Gasteiger partial charge in [0.05, 0.1) is 11.0 Å². The van der Waals surface area contributed by atoms with Crippen molar-refractivity contribution in [3.63, 3.8) is 0 Å². The third-order valence-corrected chi connectivity index (χ3v) is 6.70. The highest BCUT2D eigenvalue weighted by molar-refractivity contribution is 6.10. The molecule has 0 aliphatic carbocycles. The molecule has 0 aliphatic heterocycles. The molecular weight excluding hydrogens is 412 g/mol. The molecule has 6 aromatic carbocycles. The van der Waals surface area contributed by atoms with E-state index in [4.69, 9.17) is 0 Å². The lowest BCUT2D eigenvalue weighted by Crippen LogP contribution is -1.94. The molecule has 7 rings (SSSR count). The first kappa shape index (κ1) is 19.0. The summed E-state index contributed by atoms with van der Waals surface area (Å²) in [5.74, 6) is 0. The fourth-order valence-corrected chi connectivity index (χ4v) is 5.08. The van der Waals surface area contributed by atoms with E-state index >= 15 is 0 Å². The van der Waals surface area contributed by atoms with Crippen LogP contribution in [0.1, 0.15) is 0 Å². The predicted molar refractivity (Wildman–Crippen MR) is 146 cm³/mol. The second kappa shape index (κ2) is 7.50. The van der Waals surface area contributed by atoms with Crippen molar-refractivity contribution in [2.45, 2.75) is 0 Å². The van der Waals surface area contributed by atoms with Crippen molar-refractivity contribution in [3.8, 4) is 5.69 Å². The number of fused-ring (bicyclic) bond motifs is 5. The highest BCUT2D eigenvalue weighted by Crippen LogP contribution is 2.35. The largest absolute Gasteiger partial charge is 0.355 e. The molecule has 0 unspecified atom stereocenters. The summed E-state index contributed by atoms with van der Waals surface area (Å²) in [7, 11) is 0. The number of benzene rings is 6. The maximum atomic E-state index is 3.62. The van der Waals surface area contributed by atoms with Crippen molar-refractivity contribution in [3.05, 3.63) is 127 Å².